The standard InChI is InChI=1S/C8H10BrNO2/c1-6-2-3-10-8(7(6)9)12-5-4-11/h2-3,11H,4-5H2,1H3. The Morgan fingerprint density at radius 2 is 2.42 bits per heavy atom. The quantitative estimate of drug-likeness (QED) is 0.859. The lowest BCUT2D eigenvalue weighted by Crippen LogP contribution is -2.03. The van der Waals surface area contributed by atoms with Crippen molar-refractivity contribution in [1.82, 2.24) is 4.98 Å². The first kappa shape index (κ1) is 9.48. The van der Waals surface area contributed by atoms with Gasteiger partial charge in [-0.25, -0.2) is 4.98 Å². The number of halogens is 1. The van der Waals surface area contributed by atoms with Crippen molar-refractivity contribution in [3.05, 3.63) is 22.3 Å². The van der Waals surface area contributed by atoms with Gasteiger partial charge in [-0.15, -0.1) is 0 Å². The monoisotopic (exact) mass is 231 g/mol. The fourth-order valence-corrected chi connectivity index (χ4v) is 1.11. The summed E-state index contributed by atoms with van der Waals surface area (Å²) in [7, 11) is 0. The van der Waals surface area contributed by atoms with Crippen molar-refractivity contribution in [1.29, 1.82) is 0 Å². The second kappa shape index (κ2) is 4.42. The zero-order valence-corrected chi connectivity index (χ0v) is 8.34. The average molecular weight is 232 g/mol. The number of hydrogen-bond acceptors (Lipinski definition) is 3. The van der Waals surface area contributed by atoms with Crippen LogP contribution in [-0.4, -0.2) is 23.3 Å². The summed E-state index contributed by atoms with van der Waals surface area (Å²) in [6, 6.07) is 1.88. The minimum Gasteiger partial charge on any atom is -0.474 e. The summed E-state index contributed by atoms with van der Waals surface area (Å²) in [5.41, 5.74) is 1.07. The zero-order chi connectivity index (χ0) is 8.97. The van der Waals surface area contributed by atoms with E-state index < -0.39 is 0 Å². The van der Waals surface area contributed by atoms with Gasteiger partial charge >= 0.3 is 0 Å². The molecule has 1 N–H and O–H groups in total. The van der Waals surface area contributed by atoms with Crippen LogP contribution >= 0.6 is 15.9 Å². The number of aliphatic hydroxyl groups excluding tert-OH is 1. The van der Waals surface area contributed by atoms with E-state index in [1.165, 1.54) is 0 Å². The van der Waals surface area contributed by atoms with Gasteiger partial charge in [0.1, 0.15) is 6.61 Å². The smallest absolute Gasteiger partial charge is 0.228 e. The van der Waals surface area contributed by atoms with Crippen molar-refractivity contribution < 1.29 is 9.84 Å². The summed E-state index contributed by atoms with van der Waals surface area (Å²) in [5, 5.41) is 8.52. The number of nitrogens with zero attached hydrogens (tertiary/aromatic N) is 1. The third-order valence-electron chi connectivity index (χ3n) is 1.38. The molecule has 0 spiro atoms. The van der Waals surface area contributed by atoms with E-state index in [1.54, 1.807) is 6.20 Å². The first-order valence-corrected chi connectivity index (χ1v) is 4.39. The maximum absolute atomic E-state index is 8.52. The molecule has 0 saturated heterocycles. The molecular weight excluding hydrogens is 222 g/mol. The molecule has 0 fully saturated rings. The van der Waals surface area contributed by atoms with Crippen LogP contribution in [0, 0.1) is 6.92 Å². The summed E-state index contributed by atoms with van der Waals surface area (Å²) in [6.07, 6.45) is 1.67. The lowest BCUT2D eigenvalue weighted by Gasteiger charge is -2.06. The lowest BCUT2D eigenvalue weighted by atomic mass is 10.3. The summed E-state index contributed by atoms with van der Waals surface area (Å²) < 4.78 is 6.00. The molecule has 0 amide bonds. The maximum atomic E-state index is 8.52. The topological polar surface area (TPSA) is 42.4 Å². The highest BCUT2D eigenvalue weighted by Crippen LogP contribution is 2.24. The fourth-order valence-electron chi connectivity index (χ4n) is 0.758. The fraction of sp³-hybridized carbons (Fsp3) is 0.375. The third-order valence-corrected chi connectivity index (χ3v) is 2.34. The highest BCUT2D eigenvalue weighted by atomic mass is 79.9. The zero-order valence-electron chi connectivity index (χ0n) is 6.75. The van der Waals surface area contributed by atoms with Gasteiger partial charge in [0.25, 0.3) is 0 Å². The summed E-state index contributed by atoms with van der Waals surface area (Å²) in [4.78, 5) is 4.00. The van der Waals surface area contributed by atoms with Gasteiger partial charge in [0.2, 0.25) is 5.88 Å². The summed E-state index contributed by atoms with van der Waals surface area (Å²) >= 11 is 3.34. The van der Waals surface area contributed by atoms with Gasteiger partial charge < -0.3 is 9.84 Å². The molecule has 4 heteroatoms. The Bertz CT molecular complexity index is 265. The van der Waals surface area contributed by atoms with Crippen LogP contribution in [0.2, 0.25) is 0 Å². The normalized spacial score (nSPS) is 9.92. The molecular formula is C8H10BrNO2. The molecule has 0 aliphatic heterocycles. The minimum absolute atomic E-state index is 0.00205. The Kier molecular flexibility index (Phi) is 3.49. The van der Waals surface area contributed by atoms with Crippen molar-refractivity contribution in [2.75, 3.05) is 13.2 Å². The largest absolute Gasteiger partial charge is 0.474 e. The Morgan fingerprint density at radius 3 is 3.08 bits per heavy atom. The van der Waals surface area contributed by atoms with E-state index in [4.69, 9.17) is 9.84 Å². The molecule has 1 rings (SSSR count). The average Bonchev–Trinajstić information content (AvgIpc) is 2.08. The van der Waals surface area contributed by atoms with Gasteiger partial charge in [-0.3, -0.25) is 0 Å². The highest BCUT2D eigenvalue weighted by molar-refractivity contribution is 9.10. The molecule has 0 aromatic carbocycles. The summed E-state index contributed by atoms with van der Waals surface area (Å²) in [6.45, 7) is 2.23. The second-order valence-corrected chi connectivity index (χ2v) is 3.11. The van der Waals surface area contributed by atoms with E-state index >= 15 is 0 Å². The Hall–Kier alpha value is -0.610. The second-order valence-electron chi connectivity index (χ2n) is 2.32. The molecule has 12 heavy (non-hydrogen) atoms. The van der Waals surface area contributed by atoms with Gasteiger partial charge in [-0.2, -0.15) is 0 Å². The predicted octanol–water partition coefficient (Wildman–Crippen LogP) is 1.52. The minimum atomic E-state index is 0.00205. The highest BCUT2D eigenvalue weighted by Gasteiger charge is 2.03. The predicted molar refractivity (Wildman–Crippen MR) is 49.3 cm³/mol. The van der Waals surface area contributed by atoms with Crippen LogP contribution in [0.3, 0.4) is 0 Å². The number of aliphatic hydroxyl groups is 1. The van der Waals surface area contributed by atoms with Crippen molar-refractivity contribution in [2.24, 2.45) is 0 Å². The Balaban J connectivity index is 2.78. The van der Waals surface area contributed by atoms with Crippen molar-refractivity contribution >= 4 is 15.9 Å². The molecule has 0 saturated carbocycles. The van der Waals surface area contributed by atoms with Gasteiger partial charge in [0.15, 0.2) is 0 Å². The lowest BCUT2D eigenvalue weighted by molar-refractivity contribution is 0.196. The number of rotatable bonds is 3. The molecule has 0 unspecified atom stereocenters. The molecule has 3 nitrogen and oxygen atoms in total. The van der Waals surface area contributed by atoms with E-state index in [2.05, 4.69) is 20.9 Å². The van der Waals surface area contributed by atoms with E-state index in [1.807, 2.05) is 13.0 Å². The number of aryl methyl sites for hydroxylation is 1. The third kappa shape index (κ3) is 2.19. The van der Waals surface area contributed by atoms with Crippen LogP contribution in [0.5, 0.6) is 5.88 Å². The molecule has 0 aliphatic rings. The van der Waals surface area contributed by atoms with Crippen LogP contribution < -0.4 is 4.74 Å². The Morgan fingerprint density at radius 1 is 1.67 bits per heavy atom. The number of ether oxygens (including phenoxy) is 1. The number of pyridine rings is 1. The van der Waals surface area contributed by atoms with E-state index in [-0.39, 0.29) is 13.2 Å². The van der Waals surface area contributed by atoms with Crippen molar-refractivity contribution in [3.63, 3.8) is 0 Å². The molecule has 0 atom stereocenters. The van der Waals surface area contributed by atoms with Crippen LogP contribution in [-0.2, 0) is 0 Å². The SMILES string of the molecule is Cc1ccnc(OCCO)c1Br. The maximum Gasteiger partial charge on any atom is 0.228 e. The van der Waals surface area contributed by atoms with Gasteiger partial charge in [-0.05, 0) is 34.5 Å². The number of aromatic nitrogens is 1. The first-order chi connectivity index (χ1) is 5.75. The van der Waals surface area contributed by atoms with Crippen LogP contribution in [0.25, 0.3) is 0 Å². The molecule has 1 heterocycles. The molecule has 66 valence electrons. The summed E-state index contributed by atoms with van der Waals surface area (Å²) in [5.74, 6) is 0.532. The Labute approximate surface area is 79.5 Å². The number of hydrogen-bond donors (Lipinski definition) is 1. The first-order valence-electron chi connectivity index (χ1n) is 3.60. The van der Waals surface area contributed by atoms with Gasteiger partial charge in [0.05, 0.1) is 11.1 Å². The molecule has 0 bridgehead atoms. The van der Waals surface area contributed by atoms with Crippen molar-refractivity contribution in [2.45, 2.75) is 6.92 Å². The van der Waals surface area contributed by atoms with Crippen LogP contribution in [0.1, 0.15) is 5.56 Å². The van der Waals surface area contributed by atoms with Gasteiger partial charge in [0, 0.05) is 6.20 Å². The van der Waals surface area contributed by atoms with E-state index in [9.17, 15) is 0 Å². The van der Waals surface area contributed by atoms with Gasteiger partial charge in [-0.1, -0.05) is 0 Å². The van der Waals surface area contributed by atoms with Crippen LogP contribution in [0.15, 0.2) is 16.7 Å². The van der Waals surface area contributed by atoms with E-state index in [0.29, 0.717) is 5.88 Å². The molecule has 0 aliphatic carbocycles. The molecule has 1 aromatic rings. The van der Waals surface area contributed by atoms with Crippen molar-refractivity contribution in [3.8, 4) is 5.88 Å². The van der Waals surface area contributed by atoms with E-state index in [0.717, 1.165) is 10.0 Å². The molecule has 1 aromatic heterocycles. The van der Waals surface area contributed by atoms with Crippen LogP contribution in [0.4, 0.5) is 0 Å². The molecule has 0 radical (unpaired) electrons.